The molecule has 0 saturated carbocycles. The van der Waals surface area contributed by atoms with Crippen LogP contribution in [0.15, 0.2) is 24.3 Å². The molecule has 0 radical (unpaired) electrons. The second-order valence-corrected chi connectivity index (χ2v) is 3.89. The fourth-order valence-corrected chi connectivity index (χ4v) is 1.75. The molecule has 2 unspecified atom stereocenters. The third-order valence-electron chi connectivity index (χ3n) is 2.38. The van der Waals surface area contributed by atoms with E-state index in [-0.39, 0.29) is 12.4 Å². The van der Waals surface area contributed by atoms with Gasteiger partial charge in [-0.15, -0.1) is 11.6 Å². The van der Waals surface area contributed by atoms with Crippen molar-refractivity contribution in [1.82, 2.24) is 0 Å². The molecule has 88 valence electrons. The first-order chi connectivity index (χ1) is 7.83. The minimum atomic E-state index is -0.292. The van der Waals surface area contributed by atoms with Gasteiger partial charge in [0.1, 0.15) is 5.75 Å². The Bertz CT molecular complexity index is 326. The molecule has 1 aliphatic rings. The van der Waals surface area contributed by atoms with Crippen molar-refractivity contribution in [1.29, 1.82) is 0 Å². The van der Waals surface area contributed by atoms with Gasteiger partial charge in [-0.3, -0.25) is 0 Å². The maximum Gasteiger partial charge on any atom is 0.184 e. The summed E-state index contributed by atoms with van der Waals surface area (Å²) in [6.45, 7) is 3.19. The molecule has 1 heterocycles. The van der Waals surface area contributed by atoms with Crippen molar-refractivity contribution < 1.29 is 14.2 Å². The molecular formula is C12H15ClO3. The van der Waals surface area contributed by atoms with E-state index in [2.05, 4.69) is 0 Å². The van der Waals surface area contributed by atoms with Gasteiger partial charge in [-0.05, 0) is 19.1 Å². The van der Waals surface area contributed by atoms with Gasteiger partial charge < -0.3 is 14.2 Å². The molecule has 3 nitrogen and oxygen atoms in total. The van der Waals surface area contributed by atoms with E-state index in [0.29, 0.717) is 19.1 Å². The van der Waals surface area contributed by atoms with Gasteiger partial charge in [-0.25, -0.2) is 0 Å². The number of hydrogen-bond donors (Lipinski definition) is 0. The van der Waals surface area contributed by atoms with E-state index in [1.165, 1.54) is 0 Å². The summed E-state index contributed by atoms with van der Waals surface area (Å²) in [4.78, 5) is 0. The van der Waals surface area contributed by atoms with E-state index in [0.717, 1.165) is 11.3 Å². The minimum Gasteiger partial charge on any atom is -0.494 e. The largest absolute Gasteiger partial charge is 0.494 e. The van der Waals surface area contributed by atoms with Crippen LogP contribution < -0.4 is 4.74 Å². The molecule has 0 bridgehead atoms. The lowest BCUT2D eigenvalue weighted by Gasteiger charge is -2.11. The van der Waals surface area contributed by atoms with Crippen LogP contribution in [0.2, 0.25) is 0 Å². The van der Waals surface area contributed by atoms with Gasteiger partial charge in [0, 0.05) is 5.56 Å². The minimum absolute atomic E-state index is 0.00163. The molecule has 1 aliphatic heterocycles. The summed E-state index contributed by atoms with van der Waals surface area (Å²) >= 11 is 5.70. The number of rotatable bonds is 4. The summed E-state index contributed by atoms with van der Waals surface area (Å²) in [5.41, 5.74) is 0.996. The van der Waals surface area contributed by atoms with Gasteiger partial charge in [-0.2, -0.15) is 0 Å². The number of alkyl halides is 1. The van der Waals surface area contributed by atoms with Gasteiger partial charge in [-0.1, -0.05) is 12.1 Å². The zero-order valence-corrected chi connectivity index (χ0v) is 9.94. The van der Waals surface area contributed by atoms with Gasteiger partial charge >= 0.3 is 0 Å². The highest BCUT2D eigenvalue weighted by molar-refractivity contribution is 6.18. The van der Waals surface area contributed by atoms with Crippen LogP contribution in [0, 0.1) is 0 Å². The van der Waals surface area contributed by atoms with Crippen molar-refractivity contribution in [2.45, 2.75) is 19.3 Å². The first kappa shape index (κ1) is 11.7. The normalized spacial score (nSPS) is 24.6. The molecular weight excluding hydrogens is 228 g/mol. The van der Waals surface area contributed by atoms with Crippen LogP contribution in [0.5, 0.6) is 5.75 Å². The van der Waals surface area contributed by atoms with Crippen molar-refractivity contribution in [3.8, 4) is 5.75 Å². The Balaban J connectivity index is 1.99. The average Bonchev–Trinajstić information content (AvgIpc) is 2.79. The highest BCUT2D eigenvalue weighted by Gasteiger charge is 2.26. The molecule has 2 atom stereocenters. The third-order valence-corrected chi connectivity index (χ3v) is 2.73. The van der Waals surface area contributed by atoms with E-state index in [4.69, 9.17) is 25.8 Å². The molecule has 0 aliphatic carbocycles. The zero-order chi connectivity index (χ0) is 11.4. The average molecular weight is 243 g/mol. The smallest absolute Gasteiger partial charge is 0.184 e. The van der Waals surface area contributed by atoms with Crippen molar-refractivity contribution in [3.05, 3.63) is 29.8 Å². The van der Waals surface area contributed by atoms with Crippen LogP contribution in [-0.2, 0) is 9.47 Å². The SMILES string of the molecule is CCOc1ccc(C2OCC(CCl)O2)cc1. The highest BCUT2D eigenvalue weighted by atomic mass is 35.5. The fourth-order valence-electron chi connectivity index (χ4n) is 1.59. The molecule has 0 spiro atoms. The molecule has 0 aromatic heterocycles. The number of hydrogen-bond acceptors (Lipinski definition) is 3. The fraction of sp³-hybridized carbons (Fsp3) is 0.500. The van der Waals surface area contributed by atoms with Crippen molar-refractivity contribution >= 4 is 11.6 Å². The summed E-state index contributed by atoms with van der Waals surface area (Å²) in [6, 6.07) is 7.73. The molecule has 0 N–H and O–H groups in total. The predicted molar refractivity (Wildman–Crippen MR) is 61.9 cm³/mol. The van der Waals surface area contributed by atoms with Gasteiger partial charge in [0.15, 0.2) is 6.29 Å². The van der Waals surface area contributed by atoms with Crippen LogP contribution in [0.4, 0.5) is 0 Å². The summed E-state index contributed by atoms with van der Waals surface area (Å²) in [5.74, 6) is 1.33. The van der Waals surface area contributed by atoms with E-state index in [1.54, 1.807) is 0 Å². The van der Waals surface area contributed by atoms with Gasteiger partial charge in [0.05, 0.1) is 25.2 Å². The maximum atomic E-state index is 5.70. The summed E-state index contributed by atoms with van der Waals surface area (Å²) < 4.78 is 16.5. The second-order valence-electron chi connectivity index (χ2n) is 3.58. The number of ether oxygens (including phenoxy) is 3. The molecule has 2 rings (SSSR count). The van der Waals surface area contributed by atoms with Crippen LogP contribution in [0.1, 0.15) is 18.8 Å². The van der Waals surface area contributed by atoms with Crippen molar-refractivity contribution in [2.24, 2.45) is 0 Å². The maximum absolute atomic E-state index is 5.70. The Labute approximate surface area is 100 Å². The summed E-state index contributed by atoms with van der Waals surface area (Å²) in [6.07, 6.45) is -0.294. The van der Waals surface area contributed by atoms with E-state index in [9.17, 15) is 0 Å². The van der Waals surface area contributed by atoms with Crippen molar-refractivity contribution in [3.63, 3.8) is 0 Å². The molecule has 1 aromatic rings. The molecule has 16 heavy (non-hydrogen) atoms. The van der Waals surface area contributed by atoms with E-state index < -0.39 is 0 Å². The van der Waals surface area contributed by atoms with Crippen LogP contribution in [0.25, 0.3) is 0 Å². The quantitative estimate of drug-likeness (QED) is 0.760. The first-order valence-electron chi connectivity index (χ1n) is 5.39. The lowest BCUT2D eigenvalue weighted by molar-refractivity contribution is -0.0567. The van der Waals surface area contributed by atoms with E-state index in [1.807, 2.05) is 31.2 Å². The molecule has 0 amide bonds. The van der Waals surface area contributed by atoms with E-state index >= 15 is 0 Å². The summed E-state index contributed by atoms with van der Waals surface area (Å²) in [5, 5.41) is 0. The molecule has 1 saturated heterocycles. The number of halogens is 1. The third kappa shape index (κ3) is 2.67. The lowest BCUT2D eigenvalue weighted by Crippen LogP contribution is -2.10. The molecule has 4 heteroatoms. The Morgan fingerprint density at radius 1 is 1.38 bits per heavy atom. The first-order valence-corrected chi connectivity index (χ1v) is 5.92. The lowest BCUT2D eigenvalue weighted by atomic mass is 10.2. The van der Waals surface area contributed by atoms with Gasteiger partial charge in [0.2, 0.25) is 0 Å². The van der Waals surface area contributed by atoms with Crippen LogP contribution in [-0.4, -0.2) is 25.2 Å². The monoisotopic (exact) mass is 242 g/mol. The number of benzene rings is 1. The van der Waals surface area contributed by atoms with Gasteiger partial charge in [0.25, 0.3) is 0 Å². The standard InChI is InChI=1S/C12H15ClO3/c1-2-14-10-5-3-9(4-6-10)12-15-8-11(7-13)16-12/h3-6,11-12H,2,7-8H2,1H3. The van der Waals surface area contributed by atoms with Crippen molar-refractivity contribution in [2.75, 3.05) is 19.1 Å². The Hall–Kier alpha value is -0.770. The molecule has 1 aromatic carbocycles. The topological polar surface area (TPSA) is 27.7 Å². The highest BCUT2D eigenvalue weighted by Crippen LogP contribution is 2.28. The Morgan fingerprint density at radius 2 is 2.12 bits per heavy atom. The Kier molecular flexibility index (Phi) is 4.04. The molecule has 1 fully saturated rings. The Morgan fingerprint density at radius 3 is 2.69 bits per heavy atom. The van der Waals surface area contributed by atoms with Crippen LogP contribution in [0.3, 0.4) is 0 Å². The predicted octanol–water partition coefficient (Wildman–Crippen LogP) is 2.74. The van der Waals surface area contributed by atoms with Crippen LogP contribution >= 0.6 is 11.6 Å². The second kappa shape index (κ2) is 5.53. The summed E-state index contributed by atoms with van der Waals surface area (Å²) in [7, 11) is 0. The zero-order valence-electron chi connectivity index (χ0n) is 9.19.